The van der Waals surface area contributed by atoms with Crippen molar-refractivity contribution >= 4 is 5.78 Å². The Morgan fingerprint density at radius 2 is 1.71 bits per heavy atom. The van der Waals surface area contributed by atoms with Gasteiger partial charge in [0.1, 0.15) is 5.78 Å². The maximum absolute atomic E-state index is 12.2. The fraction of sp³-hybridized carbons (Fsp3) is 0.944. The van der Waals surface area contributed by atoms with Gasteiger partial charge in [0, 0.05) is 22.9 Å². The van der Waals surface area contributed by atoms with E-state index in [9.17, 15) is 4.79 Å². The Balaban J connectivity index is 1.39. The average Bonchev–Trinajstić information content (AvgIpc) is 2.35. The van der Waals surface area contributed by atoms with Crippen LogP contribution in [0.2, 0.25) is 0 Å². The Bertz CT molecular complexity index is 388. The number of hydrogen-bond donors (Lipinski definition) is 1. The molecule has 0 unspecified atom stereocenters. The number of carbonyl (C=O) groups excluding carboxylic acids is 1. The normalized spacial score (nSPS) is 36.7. The van der Waals surface area contributed by atoms with Crippen LogP contribution in [0.15, 0.2) is 0 Å². The predicted octanol–water partition coefficient (Wildman–Crippen LogP) is 2.84. The monoisotopic (exact) mass is 292 g/mol. The minimum Gasteiger partial charge on any atom is -0.311 e. The Morgan fingerprint density at radius 3 is 2.19 bits per heavy atom. The highest BCUT2D eigenvalue weighted by Crippen LogP contribution is 2.68. The molecule has 0 aromatic heterocycles. The molecule has 1 saturated heterocycles. The van der Waals surface area contributed by atoms with Crippen molar-refractivity contribution in [2.24, 2.45) is 17.3 Å². The van der Waals surface area contributed by atoms with Gasteiger partial charge >= 0.3 is 0 Å². The van der Waals surface area contributed by atoms with E-state index in [2.05, 4.69) is 24.1 Å². The SMILES string of the molecule is CC(C)C(=O)C12CC(NCC3CCN(C(C)C)CC3)(C1)C2. The van der Waals surface area contributed by atoms with E-state index in [1.165, 1.54) is 25.9 Å². The Kier molecular flexibility index (Phi) is 3.94. The van der Waals surface area contributed by atoms with Crippen LogP contribution in [0.3, 0.4) is 0 Å². The summed E-state index contributed by atoms with van der Waals surface area (Å²) in [7, 11) is 0. The molecule has 0 aromatic rings. The summed E-state index contributed by atoms with van der Waals surface area (Å²) in [5, 5.41) is 3.82. The molecule has 0 amide bonds. The summed E-state index contributed by atoms with van der Waals surface area (Å²) in [6, 6.07) is 0.693. The van der Waals surface area contributed by atoms with Gasteiger partial charge in [0.05, 0.1) is 0 Å². The van der Waals surface area contributed by atoms with Crippen molar-refractivity contribution in [3.63, 3.8) is 0 Å². The average molecular weight is 292 g/mol. The molecule has 0 spiro atoms. The number of likely N-dealkylation sites (tertiary alicyclic amines) is 1. The first-order valence-corrected chi connectivity index (χ1v) is 8.89. The molecule has 2 bridgehead atoms. The summed E-state index contributed by atoms with van der Waals surface area (Å²) in [6.45, 7) is 12.4. The van der Waals surface area contributed by atoms with Gasteiger partial charge in [-0.1, -0.05) is 13.8 Å². The maximum atomic E-state index is 12.2. The minimum atomic E-state index is 0.0855. The van der Waals surface area contributed by atoms with Crippen molar-refractivity contribution in [1.82, 2.24) is 10.2 Å². The largest absolute Gasteiger partial charge is 0.311 e. The fourth-order valence-corrected chi connectivity index (χ4v) is 4.88. The van der Waals surface area contributed by atoms with Crippen LogP contribution in [0.4, 0.5) is 0 Å². The zero-order valence-electron chi connectivity index (χ0n) is 14.2. The smallest absolute Gasteiger partial charge is 0.141 e. The third-order valence-electron chi connectivity index (χ3n) is 6.22. The molecule has 3 nitrogen and oxygen atoms in total. The van der Waals surface area contributed by atoms with Gasteiger partial charge in [-0.15, -0.1) is 0 Å². The predicted molar refractivity (Wildman–Crippen MR) is 86.3 cm³/mol. The zero-order chi connectivity index (χ0) is 15.3. The zero-order valence-corrected chi connectivity index (χ0v) is 14.2. The molecule has 3 heteroatoms. The topological polar surface area (TPSA) is 32.3 Å². The summed E-state index contributed by atoms with van der Waals surface area (Å²) in [6.07, 6.45) is 6.00. The van der Waals surface area contributed by atoms with E-state index < -0.39 is 0 Å². The molecule has 4 fully saturated rings. The van der Waals surface area contributed by atoms with Gasteiger partial charge in [0.25, 0.3) is 0 Å². The summed E-state index contributed by atoms with van der Waals surface area (Å²) in [4.78, 5) is 14.8. The first kappa shape index (κ1) is 15.5. The Hall–Kier alpha value is -0.410. The first-order chi connectivity index (χ1) is 9.86. The van der Waals surface area contributed by atoms with Crippen LogP contribution in [0.1, 0.15) is 59.8 Å². The Morgan fingerprint density at radius 1 is 1.14 bits per heavy atom. The van der Waals surface area contributed by atoms with Crippen LogP contribution in [0.5, 0.6) is 0 Å². The second-order valence-electron chi connectivity index (χ2n) is 8.56. The molecule has 0 atom stereocenters. The molecule has 1 heterocycles. The van der Waals surface area contributed by atoms with Crippen LogP contribution in [0.25, 0.3) is 0 Å². The van der Waals surface area contributed by atoms with Crippen molar-refractivity contribution in [2.45, 2.75) is 71.4 Å². The van der Waals surface area contributed by atoms with Crippen LogP contribution in [-0.4, -0.2) is 41.9 Å². The molecule has 3 aliphatic carbocycles. The van der Waals surface area contributed by atoms with Crippen molar-refractivity contribution in [3.05, 3.63) is 0 Å². The van der Waals surface area contributed by atoms with E-state index >= 15 is 0 Å². The molecule has 21 heavy (non-hydrogen) atoms. The molecule has 1 N–H and O–H groups in total. The third kappa shape index (κ3) is 2.68. The molecule has 1 aliphatic heterocycles. The molecular weight excluding hydrogens is 260 g/mol. The van der Waals surface area contributed by atoms with Crippen LogP contribution in [0, 0.1) is 17.3 Å². The van der Waals surface area contributed by atoms with Gasteiger partial charge in [-0.2, -0.15) is 0 Å². The van der Waals surface area contributed by atoms with Crippen LogP contribution in [-0.2, 0) is 4.79 Å². The second kappa shape index (κ2) is 5.34. The molecule has 4 rings (SSSR count). The van der Waals surface area contributed by atoms with Crippen molar-refractivity contribution in [2.75, 3.05) is 19.6 Å². The van der Waals surface area contributed by atoms with Gasteiger partial charge in [-0.3, -0.25) is 4.79 Å². The summed E-state index contributed by atoms with van der Waals surface area (Å²) >= 11 is 0. The number of nitrogens with zero attached hydrogens (tertiary/aromatic N) is 1. The van der Waals surface area contributed by atoms with Crippen molar-refractivity contribution in [1.29, 1.82) is 0 Å². The minimum absolute atomic E-state index is 0.0855. The summed E-state index contributed by atoms with van der Waals surface area (Å²) in [5.41, 5.74) is 0.432. The summed E-state index contributed by atoms with van der Waals surface area (Å²) in [5.74, 6) is 1.56. The molecule has 0 aromatic carbocycles. The van der Waals surface area contributed by atoms with Crippen molar-refractivity contribution < 1.29 is 4.79 Å². The van der Waals surface area contributed by atoms with Crippen molar-refractivity contribution in [3.8, 4) is 0 Å². The standard InChI is InChI=1S/C18H32N2O/c1-13(2)16(21)17-10-18(11-17,12-17)19-9-15-5-7-20(8-6-15)14(3)4/h13-15,19H,5-12H2,1-4H3. The maximum Gasteiger partial charge on any atom is 0.141 e. The second-order valence-corrected chi connectivity index (χ2v) is 8.56. The van der Waals surface area contributed by atoms with E-state index in [0.717, 1.165) is 31.7 Å². The number of hydrogen-bond acceptors (Lipinski definition) is 3. The number of carbonyl (C=O) groups is 1. The van der Waals surface area contributed by atoms with Gasteiger partial charge in [-0.25, -0.2) is 0 Å². The molecule has 0 radical (unpaired) electrons. The molecular formula is C18H32N2O. The number of rotatable bonds is 6. The first-order valence-electron chi connectivity index (χ1n) is 8.89. The van der Waals surface area contributed by atoms with E-state index in [-0.39, 0.29) is 11.3 Å². The lowest BCUT2D eigenvalue weighted by molar-refractivity contribution is -0.182. The Labute approximate surface area is 129 Å². The lowest BCUT2D eigenvalue weighted by Crippen LogP contribution is -2.77. The van der Waals surface area contributed by atoms with E-state index in [4.69, 9.17) is 0 Å². The highest BCUT2D eigenvalue weighted by Gasteiger charge is 2.70. The lowest BCUT2D eigenvalue weighted by Gasteiger charge is -2.70. The van der Waals surface area contributed by atoms with E-state index in [1.54, 1.807) is 0 Å². The van der Waals surface area contributed by atoms with Gasteiger partial charge in [0.2, 0.25) is 0 Å². The third-order valence-corrected chi connectivity index (χ3v) is 6.22. The van der Waals surface area contributed by atoms with Gasteiger partial charge in [-0.05, 0) is 71.5 Å². The van der Waals surface area contributed by atoms with Crippen LogP contribution < -0.4 is 5.32 Å². The highest BCUT2D eigenvalue weighted by molar-refractivity contribution is 5.90. The molecule has 4 aliphatic rings. The van der Waals surface area contributed by atoms with Gasteiger partial charge in [0.15, 0.2) is 0 Å². The number of piperidine rings is 1. The quantitative estimate of drug-likeness (QED) is 0.817. The fourth-order valence-electron chi connectivity index (χ4n) is 4.88. The van der Waals surface area contributed by atoms with E-state index in [0.29, 0.717) is 17.4 Å². The van der Waals surface area contributed by atoms with Crippen LogP contribution >= 0.6 is 0 Å². The highest BCUT2D eigenvalue weighted by atomic mass is 16.1. The number of ketones is 1. The lowest BCUT2D eigenvalue weighted by atomic mass is 9.37. The number of Topliss-reactive ketones (excluding diaryl/α,β-unsaturated/α-hetero) is 1. The molecule has 120 valence electrons. The number of nitrogens with one attached hydrogen (secondary N) is 1. The molecule has 3 saturated carbocycles. The summed E-state index contributed by atoms with van der Waals surface area (Å²) < 4.78 is 0. The van der Waals surface area contributed by atoms with Gasteiger partial charge < -0.3 is 10.2 Å². The van der Waals surface area contributed by atoms with E-state index in [1.807, 2.05) is 13.8 Å².